The zero-order chi connectivity index (χ0) is 19.5. The van der Waals surface area contributed by atoms with Crippen molar-refractivity contribution in [2.75, 3.05) is 27.3 Å². The summed E-state index contributed by atoms with van der Waals surface area (Å²) in [4.78, 5) is 19.2. The fourth-order valence-electron chi connectivity index (χ4n) is 3.47. The first-order chi connectivity index (χ1) is 13.7. The molecule has 144 valence electrons. The van der Waals surface area contributed by atoms with E-state index in [1.165, 1.54) is 0 Å². The van der Waals surface area contributed by atoms with E-state index in [0.717, 1.165) is 23.1 Å². The molecule has 6 heteroatoms. The third kappa shape index (κ3) is 3.58. The van der Waals surface area contributed by atoms with Crippen LogP contribution in [0.1, 0.15) is 16.8 Å². The second-order valence-electron chi connectivity index (χ2n) is 6.71. The minimum Gasteiger partial charge on any atom is -0.497 e. The monoisotopic (exact) mass is 378 g/mol. The largest absolute Gasteiger partial charge is 0.497 e. The number of aromatic nitrogens is 1. The number of amides is 1. The number of nitrogens with zero attached hydrogens (tertiary/aromatic N) is 2. The molecule has 1 amide bonds. The molecule has 0 N–H and O–H groups in total. The average Bonchev–Trinajstić information content (AvgIpc) is 3.21. The standard InChI is InChI=1S/C22H22N2O4/c1-26-18-11-16(12-19(13-18)27-2)22(25)24-10-8-17(14-24)28-20-7-3-5-15-6-4-9-23-21(15)20/h3-7,9,11-13,17H,8,10,14H2,1-2H3. The molecule has 2 heterocycles. The number of carbonyl (C=O) groups is 1. The van der Waals surface area contributed by atoms with Gasteiger partial charge in [0.2, 0.25) is 0 Å². The van der Waals surface area contributed by atoms with E-state index in [0.29, 0.717) is 30.2 Å². The van der Waals surface area contributed by atoms with E-state index < -0.39 is 0 Å². The van der Waals surface area contributed by atoms with E-state index in [1.807, 2.05) is 30.3 Å². The van der Waals surface area contributed by atoms with Crippen LogP contribution in [0, 0.1) is 0 Å². The Balaban J connectivity index is 1.49. The van der Waals surface area contributed by atoms with Gasteiger partial charge in [-0.05, 0) is 24.3 Å². The van der Waals surface area contributed by atoms with Crippen LogP contribution in [0.4, 0.5) is 0 Å². The van der Waals surface area contributed by atoms with E-state index >= 15 is 0 Å². The summed E-state index contributed by atoms with van der Waals surface area (Å²) in [5.74, 6) is 1.88. The molecule has 3 aromatic rings. The highest BCUT2D eigenvalue weighted by Gasteiger charge is 2.29. The number of likely N-dealkylation sites (tertiary alicyclic amines) is 1. The number of pyridine rings is 1. The molecule has 1 saturated heterocycles. The molecule has 6 nitrogen and oxygen atoms in total. The predicted molar refractivity (Wildman–Crippen MR) is 106 cm³/mol. The summed E-state index contributed by atoms with van der Waals surface area (Å²) in [5, 5.41) is 1.04. The van der Waals surface area contributed by atoms with E-state index in [4.69, 9.17) is 14.2 Å². The van der Waals surface area contributed by atoms with Crippen LogP contribution in [0.25, 0.3) is 10.9 Å². The topological polar surface area (TPSA) is 60.9 Å². The van der Waals surface area contributed by atoms with Crippen molar-refractivity contribution in [3.63, 3.8) is 0 Å². The quantitative estimate of drug-likeness (QED) is 0.680. The van der Waals surface area contributed by atoms with Crippen molar-refractivity contribution in [2.45, 2.75) is 12.5 Å². The third-order valence-corrected chi connectivity index (χ3v) is 4.92. The molecule has 2 aromatic carbocycles. The lowest BCUT2D eigenvalue weighted by Crippen LogP contribution is -2.31. The van der Waals surface area contributed by atoms with Crippen LogP contribution >= 0.6 is 0 Å². The van der Waals surface area contributed by atoms with Crippen molar-refractivity contribution < 1.29 is 19.0 Å². The maximum atomic E-state index is 12.9. The SMILES string of the molecule is COc1cc(OC)cc(C(=O)N2CCC(Oc3cccc4cccnc34)C2)c1. The van der Waals surface area contributed by atoms with Crippen molar-refractivity contribution in [3.8, 4) is 17.2 Å². The Morgan fingerprint density at radius 1 is 1.07 bits per heavy atom. The van der Waals surface area contributed by atoms with Crippen LogP contribution in [0.15, 0.2) is 54.7 Å². The van der Waals surface area contributed by atoms with Gasteiger partial charge in [-0.2, -0.15) is 0 Å². The van der Waals surface area contributed by atoms with Gasteiger partial charge in [0, 0.05) is 36.2 Å². The molecule has 4 rings (SSSR count). The Kier molecular flexibility index (Phi) is 5.02. The number of hydrogen-bond acceptors (Lipinski definition) is 5. The van der Waals surface area contributed by atoms with Gasteiger partial charge in [0.15, 0.2) is 0 Å². The lowest BCUT2D eigenvalue weighted by atomic mass is 10.1. The van der Waals surface area contributed by atoms with Gasteiger partial charge in [0.25, 0.3) is 5.91 Å². The van der Waals surface area contributed by atoms with Gasteiger partial charge in [-0.1, -0.05) is 18.2 Å². The van der Waals surface area contributed by atoms with Crippen LogP contribution in [0.5, 0.6) is 17.2 Å². The molecular formula is C22H22N2O4. The first kappa shape index (κ1) is 18.1. The lowest BCUT2D eigenvalue weighted by Gasteiger charge is -2.18. The maximum absolute atomic E-state index is 12.9. The van der Waals surface area contributed by atoms with Gasteiger partial charge >= 0.3 is 0 Å². The van der Waals surface area contributed by atoms with Crippen molar-refractivity contribution in [2.24, 2.45) is 0 Å². The molecule has 0 radical (unpaired) electrons. The Hall–Kier alpha value is -3.28. The summed E-state index contributed by atoms with van der Waals surface area (Å²) in [6.07, 6.45) is 2.47. The number of fused-ring (bicyclic) bond motifs is 1. The minimum atomic E-state index is -0.0657. The number of methoxy groups -OCH3 is 2. The second-order valence-corrected chi connectivity index (χ2v) is 6.71. The van der Waals surface area contributed by atoms with E-state index in [-0.39, 0.29) is 12.0 Å². The first-order valence-corrected chi connectivity index (χ1v) is 9.20. The number of ether oxygens (including phenoxy) is 3. The van der Waals surface area contributed by atoms with Gasteiger partial charge in [0.1, 0.15) is 28.9 Å². The average molecular weight is 378 g/mol. The number of para-hydroxylation sites is 1. The lowest BCUT2D eigenvalue weighted by molar-refractivity contribution is 0.0772. The number of hydrogen-bond donors (Lipinski definition) is 0. The molecule has 0 bridgehead atoms. The maximum Gasteiger partial charge on any atom is 0.254 e. The molecule has 1 fully saturated rings. The summed E-state index contributed by atoms with van der Waals surface area (Å²) in [6, 6.07) is 15.0. The van der Waals surface area contributed by atoms with E-state index in [9.17, 15) is 4.79 Å². The molecule has 28 heavy (non-hydrogen) atoms. The Labute approximate surface area is 163 Å². The minimum absolute atomic E-state index is 0.0562. The molecule has 1 aliphatic heterocycles. The smallest absolute Gasteiger partial charge is 0.254 e. The molecule has 1 unspecified atom stereocenters. The van der Waals surface area contributed by atoms with Crippen LogP contribution in [-0.2, 0) is 0 Å². The Morgan fingerprint density at radius 3 is 2.57 bits per heavy atom. The molecule has 0 spiro atoms. The molecule has 0 aliphatic carbocycles. The predicted octanol–water partition coefficient (Wildman–Crippen LogP) is 3.55. The first-order valence-electron chi connectivity index (χ1n) is 9.20. The van der Waals surface area contributed by atoms with Crippen LogP contribution in [-0.4, -0.2) is 49.2 Å². The molecular weight excluding hydrogens is 356 g/mol. The highest BCUT2D eigenvalue weighted by atomic mass is 16.5. The van der Waals surface area contributed by atoms with Gasteiger partial charge in [-0.25, -0.2) is 0 Å². The zero-order valence-corrected chi connectivity index (χ0v) is 15.9. The Morgan fingerprint density at radius 2 is 1.82 bits per heavy atom. The van der Waals surface area contributed by atoms with Crippen molar-refractivity contribution in [1.29, 1.82) is 0 Å². The fourth-order valence-corrected chi connectivity index (χ4v) is 3.47. The highest BCUT2D eigenvalue weighted by molar-refractivity contribution is 5.95. The molecule has 0 saturated carbocycles. The number of rotatable bonds is 5. The van der Waals surface area contributed by atoms with Gasteiger partial charge < -0.3 is 19.1 Å². The van der Waals surface area contributed by atoms with Crippen molar-refractivity contribution in [1.82, 2.24) is 9.88 Å². The second kappa shape index (κ2) is 7.76. The molecule has 1 aliphatic rings. The van der Waals surface area contributed by atoms with Crippen LogP contribution in [0.2, 0.25) is 0 Å². The van der Waals surface area contributed by atoms with Gasteiger partial charge in [-0.15, -0.1) is 0 Å². The van der Waals surface area contributed by atoms with Crippen LogP contribution in [0.3, 0.4) is 0 Å². The summed E-state index contributed by atoms with van der Waals surface area (Å²) < 4.78 is 16.7. The summed E-state index contributed by atoms with van der Waals surface area (Å²) in [6.45, 7) is 1.17. The Bertz CT molecular complexity index is 977. The summed E-state index contributed by atoms with van der Waals surface area (Å²) in [5.41, 5.74) is 1.39. The fraction of sp³-hybridized carbons (Fsp3) is 0.273. The number of carbonyl (C=O) groups excluding carboxylic acids is 1. The normalized spacial score (nSPS) is 16.2. The van der Waals surface area contributed by atoms with E-state index in [1.54, 1.807) is 43.5 Å². The highest BCUT2D eigenvalue weighted by Crippen LogP contribution is 2.28. The zero-order valence-electron chi connectivity index (χ0n) is 15.9. The molecule has 1 atom stereocenters. The van der Waals surface area contributed by atoms with Crippen molar-refractivity contribution in [3.05, 3.63) is 60.3 Å². The molecule has 1 aromatic heterocycles. The summed E-state index contributed by atoms with van der Waals surface area (Å²) in [7, 11) is 3.14. The van der Waals surface area contributed by atoms with Crippen molar-refractivity contribution >= 4 is 16.8 Å². The third-order valence-electron chi connectivity index (χ3n) is 4.92. The van der Waals surface area contributed by atoms with Gasteiger partial charge in [0.05, 0.1) is 20.8 Å². The van der Waals surface area contributed by atoms with Crippen LogP contribution < -0.4 is 14.2 Å². The number of benzene rings is 2. The summed E-state index contributed by atoms with van der Waals surface area (Å²) >= 11 is 0. The van der Waals surface area contributed by atoms with Gasteiger partial charge in [-0.3, -0.25) is 9.78 Å². The van der Waals surface area contributed by atoms with E-state index in [2.05, 4.69) is 4.98 Å².